The predicted molar refractivity (Wildman–Crippen MR) is 112 cm³/mol. The van der Waals surface area contributed by atoms with E-state index < -0.39 is 0 Å². The van der Waals surface area contributed by atoms with Crippen LogP contribution in [0.5, 0.6) is 0 Å². The zero-order chi connectivity index (χ0) is 19.1. The van der Waals surface area contributed by atoms with Gasteiger partial charge in [0.15, 0.2) is 0 Å². The van der Waals surface area contributed by atoms with Crippen molar-refractivity contribution in [2.45, 2.75) is 39.2 Å². The topological polar surface area (TPSA) is 55.6 Å². The highest BCUT2D eigenvalue weighted by Gasteiger charge is 2.21. The molecule has 1 atom stereocenters. The van der Waals surface area contributed by atoms with Gasteiger partial charge in [0.2, 0.25) is 0 Å². The van der Waals surface area contributed by atoms with Gasteiger partial charge in [-0.05, 0) is 62.4 Å². The molecule has 0 saturated carbocycles. The minimum absolute atomic E-state index is 0.261. The van der Waals surface area contributed by atoms with Crippen LogP contribution in [0.1, 0.15) is 41.4 Å². The first-order valence-electron chi connectivity index (χ1n) is 9.84. The SMILES string of the molecule is Cc1cc(C)n(-c2nc(N[C@H]3CCCc4ccccc43)c3ccccc3n2)n1. The normalized spacial score (nSPS) is 16.1. The summed E-state index contributed by atoms with van der Waals surface area (Å²) in [6, 6.07) is 19.2. The molecule has 2 aromatic carbocycles. The van der Waals surface area contributed by atoms with Gasteiger partial charge in [-0.25, -0.2) is 9.67 Å². The lowest BCUT2D eigenvalue weighted by Crippen LogP contribution is -2.19. The van der Waals surface area contributed by atoms with E-state index in [1.807, 2.05) is 42.8 Å². The van der Waals surface area contributed by atoms with Gasteiger partial charge in [0.05, 0.1) is 17.3 Å². The molecule has 4 aromatic rings. The van der Waals surface area contributed by atoms with Gasteiger partial charge in [-0.2, -0.15) is 10.1 Å². The number of benzene rings is 2. The van der Waals surface area contributed by atoms with Gasteiger partial charge in [0.1, 0.15) is 5.82 Å². The molecule has 2 heterocycles. The number of nitrogens with one attached hydrogen (secondary N) is 1. The van der Waals surface area contributed by atoms with Crippen molar-refractivity contribution in [3.8, 4) is 5.95 Å². The van der Waals surface area contributed by atoms with E-state index in [9.17, 15) is 0 Å². The van der Waals surface area contributed by atoms with E-state index in [2.05, 4.69) is 40.7 Å². The summed E-state index contributed by atoms with van der Waals surface area (Å²) in [7, 11) is 0. The average Bonchev–Trinajstić information content (AvgIpc) is 3.06. The molecule has 5 heteroatoms. The van der Waals surface area contributed by atoms with Crippen LogP contribution in [0, 0.1) is 13.8 Å². The van der Waals surface area contributed by atoms with Crippen LogP contribution in [-0.4, -0.2) is 19.7 Å². The Morgan fingerprint density at radius 1 is 1.00 bits per heavy atom. The summed E-state index contributed by atoms with van der Waals surface area (Å²) in [6.07, 6.45) is 3.43. The lowest BCUT2D eigenvalue weighted by Gasteiger charge is -2.27. The monoisotopic (exact) mass is 369 g/mol. The van der Waals surface area contributed by atoms with Gasteiger partial charge in [0, 0.05) is 11.1 Å². The van der Waals surface area contributed by atoms with Gasteiger partial charge in [-0.1, -0.05) is 36.4 Å². The van der Waals surface area contributed by atoms with Crippen LogP contribution in [0.15, 0.2) is 54.6 Å². The van der Waals surface area contributed by atoms with Crippen molar-refractivity contribution in [3.63, 3.8) is 0 Å². The molecule has 0 radical (unpaired) electrons. The molecule has 0 aliphatic heterocycles. The van der Waals surface area contributed by atoms with Crippen LogP contribution in [0.2, 0.25) is 0 Å². The number of aromatic nitrogens is 4. The lowest BCUT2D eigenvalue weighted by atomic mass is 9.88. The molecule has 0 saturated heterocycles. The molecular weight excluding hydrogens is 346 g/mol. The van der Waals surface area contributed by atoms with Crippen molar-refractivity contribution in [2.24, 2.45) is 0 Å². The van der Waals surface area contributed by atoms with Crippen LogP contribution in [-0.2, 0) is 6.42 Å². The summed E-state index contributed by atoms with van der Waals surface area (Å²) in [5.41, 5.74) is 5.73. The third-order valence-corrected chi connectivity index (χ3v) is 5.47. The molecular formula is C23H23N5. The molecule has 0 unspecified atom stereocenters. The Bertz CT molecular complexity index is 1160. The second-order valence-electron chi connectivity index (χ2n) is 7.52. The fourth-order valence-corrected chi connectivity index (χ4v) is 4.17. The Hall–Kier alpha value is -3.21. The molecule has 0 spiro atoms. The van der Waals surface area contributed by atoms with Crippen molar-refractivity contribution in [2.75, 3.05) is 5.32 Å². The molecule has 5 rings (SSSR count). The molecule has 5 nitrogen and oxygen atoms in total. The highest BCUT2D eigenvalue weighted by atomic mass is 15.4. The summed E-state index contributed by atoms with van der Waals surface area (Å²) < 4.78 is 1.82. The number of aryl methyl sites for hydroxylation is 3. The summed E-state index contributed by atoms with van der Waals surface area (Å²) in [5, 5.41) is 9.34. The van der Waals surface area contributed by atoms with Gasteiger partial charge >= 0.3 is 0 Å². The third-order valence-electron chi connectivity index (χ3n) is 5.47. The lowest BCUT2D eigenvalue weighted by molar-refractivity contribution is 0.598. The van der Waals surface area contributed by atoms with Crippen LogP contribution >= 0.6 is 0 Å². The third kappa shape index (κ3) is 2.93. The zero-order valence-electron chi connectivity index (χ0n) is 16.2. The number of nitrogens with zero attached hydrogens (tertiary/aromatic N) is 4. The number of hydrogen-bond donors (Lipinski definition) is 1. The average molecular weight is 369 g/mol. The maximum atomic E-state index is 4.89. The minimum Gasteiger partial charge on any atom is -0.363 e. The first kappa shape index (κ1) is 16.9. The number of fused-ring (bicyclic) bond motifs is 2. The van der Waals surface area contributed by atoms with Crippen molar-refractivity contribution in [3.05, 3.63) is 77.1 Å². The molecule has 1 aliphatic rings. The van der Waals surface area contributed by atoms with Crippen molar-refractivity contribution in [1.82, 2.24) is 19.7 Å². The van der Waals surface area contributed by atoms with Gasteiger partial charge in [0.25, 0.3) is 5.95 Å². The van der Waals surface area contributed by atoms with Crippen molar-refractivity contribution < 1.29 is 0 Å². The van der Waals surface area contributed by atoms with E-state index in [-0.39, 0.29) is 6.04 Å². The number of anilines is 1. The maximum absolute atomic E-state index is 4.89. The van der Waals surface area contributed by atoms with E-state index in [4.69, 9.17) is 9.97 Å². The van der Waals surface area contributed by atoms with Crippen molar-refractivity contribution >= 4 is 16.7 Å². The Labute approximate surface area is 164 Å². The van der Waals surface area contributed by atoms with Gasteiger partial charge in [-0.3, -0.25) is 0 Å². The van der Waals surface area contributed by atoms with E-state index in [0.717, 1.165) is 41.0 Å². The fraction of sp³-hybridized carbons (Fsp3) is 0.261. The highest BCUT2D eigenvalue weighted by molar-refractivity contribution is 5.89. The van der Waals surface area contributed by atoms with Crippen molar-refractivity contribution in [1.29, 1.82) is 0 Å². The van der Waals surface area contributed by atoms with Gasteiger partial charge in [-0.15, -0.1) is 0 Å². The van der Waals surface area contributed by atoms with E-state index in [1.165, 1.54) is 17.5 Å². The zero-order valence-corrected chi connectivity index (χ0v) is 16.2. The Balaban J connectivity index is 1.62. The van der Waals surface area contributed by atoms with E-state index in [0.29, 0.717) is 5.95 Å². The Morgan fingerprint density at radius 2 is 1.82 bits per heavy atom. The summed E-state index contributed by atoms with van der Waals surface area (Å²) in [5.74, 6) is 1.48. The molecule has 1 aliphatic carbocycles. The molecule has 0 bridgehead atoms. The summed E-state index contributed by atoms with van der Waals surface area (Å²) >= 11 is 0. The highest BCUT2D eigenvalue weighted by Crippen LogP contribution is 2.34. The number of hydrogen-bond acceptors (Lipinski definition) is 4. The number of rotatable bonds is 3. The predicted octanol–water partition coefficient (Wildman–Crippen LogP) is 4.92. The van der Waals surface area contributed by atoms with E-state index >= 15 is 0 Å². The Kier molecular flexibility index (Phi) is 4.08. The van der Waals surface area contributed by atoms with Crippen LogP contribution in [0.3, 0.4) is 0 Å². The van der Waals surface area contributed by atoms with E-state index in [1.54, 1.807) is 0 Å². The number of para-hydroxylation sites is 1. The standard InChI is InChI=1S/C23H23N5/c1-15-14-16(2)28(27-15)23-25-21-12-6-5-11-19(21)22(26-23)24-20-13-7-9-17-8-3-4-10-18(17)20/h3-6,8,10-12,14,20H,7,9,13H2,1-2H3,(H,24,25,26)/t20-/m0/s1. The molecule has 0 fully saturated rings. The molecule has 1 N–H and O–H groups in total. The van der Waals surface area contributed by atoms with Crippen LogP contribution in [0.25, 0.3) is 16.9 Å². The summed E-state index contributed by atoms with van der Waals surface area (Å²) in [6.45, 7) is 4.02. The maximum Gasteiger partial charge on any atom is 0.253 e. The molecule has 28 heavy (non-hydrogen) atoms. The first-order chi connectivity index (χ1) is 13.7. The second kappa shape index (κ2) is 6.75. The second-order valence-corrected chi connectivity index (χ2v) is 7.52. The minimum atomic E-state index is 0.261. The summed E-state index contributed by atoms with van der Waals surface area (Å²) in [4.78, 5) is 9.66. The quantitative estimate of drug-likeness (QED) is 0.557. The molecule has 0 amide bonds. The largest absolute Gasteiger partial charge is 0.363 e. The Morgan fingerprint density at radius 3 is 2.68 bits per heavy atom. The van der Waals surface area contributed by atoms with Gasteiger partial charge < -0.3 is 5.32 Å². The van der Waals surface area contributed by atoms with Crippen LogP contribution in [0.4, 0.5) is 5.82 Å². The first-order valence-corrected chi connectivity index (χ1v) is 9.84. The van der Waals surface area contributed by atoms with Crippen LogP contribution < -0.4 is 5.32 Å². The molecule has 140 valence electrons. The molecule has 2 aromatic heterocycles. The smallest absolute Gasteiger partial charge is 0.253 e. The fourth-order valence-electron chi connectivity index (χ4n) is 4.17.